The van der Waals surface area contributed by atoms with Crippen LogP contribution in [0.2, 0.25) is 0 Å². The van der Waals surface area contributed by atoms with Crippen molar-refractivity contribution in [2.45, 2.75) is 16.3 Å². The number of ether oxygens (including phenoxy) is 4. The summed E-state index contributed by atoms with van der Waals surface area (Å²) in [5.74, 6) is 5.98. The number of hydrogen-bond acceptors (Lipinski definition) is 10. The summed E-state index contributed by atoms with van der Waals surface area (Å²) in [6.45, 7) is 0.153. The maximum Gasteiger partial charge on any atom is 0.260 e. The minimum atomic E-state index is -4.48. The molecule has 422 valence electrons. The highest BCUT2D eigenvalue weighted by molar-refractivity contribution is 7.91. The largest absolute Gasteiger partial charge is 0.458 e. The Morgan fingerprint density at radius 3 is 1.36 bits per heavy atom. The molecule has 12 nitrogen and oxygen atoms in total. The molecule has 19 rings (SSSR count). The molecule has 0 amide bonds. The molecule has 0 unspecified atom stereocenters. The Kier molecular flexibility index (Phi) is 10.4. The lowest BCUT2D eigenvalue weighted by molar-refractivity contribution is 0.464. The van der Waals surface area contributed by atoms with E-state index in [9.17, 15) is 24.2 Å². The minimum Gasteiger partial charge on any atom is -0.458 e. The Hall–Kier alpha value is -12.2. The summed E-state index contributed by atoms with van der Waals surface area (Å²) in [6.07, 6.45) is 0. The van der Waals surface area contributed by atoms with Crippen molar-refractivity contribution in [2.24, 2.45) is 0 Å². The number of nitrogens with zero attached hydrogens (tertiary/aromatic N) is 6. The van der Waals surface area contributed by atoms with Crippen LogP contribution < -0.4 is 56.6 Å². The van der Waals surface area contributed by atoms with E-state index in [1.165, 1.54) is 24.3 Å². The number of fused-ring (bicyclic) bond motifs is 20. The van der Waals surface area contributed by atoms with E-state index in [1.54, 1.807) is 12.1 Å². The van der Waals surface area contributed by atoms with E-state index < -0.39 is 14.7 Å². The molecule has 5 aliphatic rings. The van der Waals surface area contributed by atoms with Crippen molar-refractivity contribution in [3.63, 3.8) is 0 Å². The number of hydrogen-bond donors (Lipinski definition) is 0. The van der Waals surface area contributed by atoms with Crippen molar-refractivity contribution in [3.05, 3.63) is 253 Å². The van der Waals surface area contributed by atoms with Gasteiger partial charge >= 0.3 is 0 Å². The van der Waals surface area contributed by atoms with Gasteiger partial charge in [0.1, 0.15) is 63.0 Å². The first kappa shape index (κ1) is 50.9. The zero-order chi connectivity index (χ0) is 60.5. The first-order valence-electron chi connectivity index (χ1n) is 29.8. The summed E-state index contributed by atoms with van der Waals surface area (Å²) >= 11 is 0. The first-order chi connectivity index (χ1) is 44.8. The zero-order valence-corrected chi connectivity index (χ0v) is 48.7. The second-order valence-corrected chi connectivity index (χ2v) is 25.4. The summed E-state index contributed by atoms with van der Waals surface area (Å²) in [7, 11) is -4.48. The number of aromatic nitrogens is 2. The molecule has 5 aliphatic heterocycles. The molecule has 91 heavy (non-hydrogen) atoms. The number of sulfone groups is 1. The second kappa shape index (κ2) is 18.7. The average Bonchev–Trinajstić information content (AvgIpc) is 1.56. The molecule has 15 heteroatoms. The van der Waals surface area contributed by atoms with Crippen molar-refractivity contribution in [1.29, 1.82) is 15.8 Å². The Labute approximate surface area is 521 Å². The predicted molar refractivity (Wildman–Crippen MR) is 354 cm³/mol. The van der Waals surface area contributed by atoms with Gasteiger partial charge in [-0.05, 0) is 106 Å². The number of para-hydroxylation sites is 7. The van der Waals surface area contributed by atoms with Crippen LogP contribution in [0.25, 0.3) is 66.1 Å². The third-order valence-electron chi connectivity index (χ3n) is 18.9. The Balaban J connectivity index is 0.897. The first-order valence-corrected chi connectivity index (χ1v) is 31.3. The van der Waals surface area contributed by atoms with E-state index in [0.29, 0.717) is 23.7 Å². The molecule has 0 radical (unpaired) electrons. The lowest BCUT2D eigenvalue weighted by Crippen LogP contribution is -2.57. The number of anilines is 2. The standard InChI is InChI=1S/C76H40B2N6O6S/c79-39-43-33-44(40-80)76(45(34-43)41-81)91(85,86)49-31-29-46(30-32-49)83-60-24-10-3-17-52(60)71-74(83)69-50-15-1-8-22-58(50)82(47-35-65-72-66(36-47)88-62-26-12-5-19-55(62)77(72)54-18-4-11-25-61(54)87-65)42-53(69)70-51-16-2-9-23-59(51)84(75(70)71)48-37-67-73-68(38-48)90-64-28-14-7-21-57(64)78(73)56-20-6-13-27-63(56)89-67/h1-38H,42H2. The number of benzene rings is 12. The van der Waals surface area contributed by atoms with Gasteiger partial charge in [-0.3, -0.25) is 0 Å². The molecule has 7 heterocycles. The van der Waals surface area contributed by atoms with Crippen molar-refractivity contribution >= 4 is 111 Å². The lowest BCUT2D eigenvalue weighted by Gasteiger charge is -2.37. The lowest BCUT2D eigenvalue weighted by atomic mass is 9.35. The van der Waals surface area contributed by atoms with E-state index >= 15 is 0 Å². The van der Waals surface area contributed by atoms with Gasteiger partial charge in [0.25, 0.3) is 13.4 Å². The normalized spacial score (nSPS) is 13.4. The summed E-state index contributed by atoms with van der Waals surface area (Å²) in [5.41, 5.74) is 15.6. The van der Waals surface area contributed by atoms with Crippen LogP contribution in [0.3, 0.4) is 0 Å². The fourth-order valence-corrected chi connectivity index (χ4v) is 16.7. The Morgan fingerprint density at radius 1 is 0.418 bits per heavy atom. The van der Waals surface area contributed by atoms with Crippen molar-refractivity contribution in [1.82, 2.24) is 9.13 Å². The molecule has 0 fully saturated rings. The van der Waals surface area contributed by atoms with Crippen LogP contribution in [0.15, 0.2) is 240 Å². The molecule has 0 atom stereocenters. The highest BCUT2D eigenvalue weighted by atomic mass is 32.2. The molecule has 0 spiro atoms. The van der Waals surface area contributed by atoms with Crippen LogP contribution in [0.4, 0.5) is 11.4 Å². The van der Waals surface area contributed by atoms with Crippen molar-refractivity contribution < 1.29 is 27.4 Å². The highest BCUT2D eigenvalue weighted by Gasteiger charge is 2.44. The molecule has 0 aliphatic carbocycles. The molecule has 0 saturated heterocycles. The van der Waals surface area contributed by atoms with E-state index in [0.717, 1.165) is 145 Å². The van der Waals surface area contributed by atoms with Gasteiger partial charge in [-0.15, -0.1) is 0 Å². The van der Waals surface area contributed by atoms with Gasteiger partial charge in [-0.25, -0.2) is 8.42 Å². The predicted octanol–water partition coefficient (Wildman–Crippen LogP) is 13.1. The van der Waals surface area contributed by atoms with Gasteiger partial charge < -0.3 is 33.0 Å². The molecule has 0 bridgehead atoms. The molecule has 12 aromatic carbocycles. The number of rotatable bonds is 5. The summed E-state index contributed by atoms with van der Waals surface area (Å²) in [5, 5.41) is 34.2. The highest BCUT2D eigenvalue weighted by Crippen LogP contribution is 2.55. The fraction of sp³-hybridized carbons (Fsp3) is 0.0132. The van der Waals surface area contributed by atoms with Crippen molar-refractivity contribution in [2.75, 3.05) is 4.90 Å². The molecule has 0 N–H and O–H groups in total. The topological polar surface area (TPSA) is 156 Å². The molecule has 0 saturated carbocycles. The van der Waals surface area contributed by atoms with Gasteiger partial charge in [-0.2, -0.15) is 15.8 Å². The third kappa shape index (κ3) is 6.99. The maximum absolute atomic E-state index is 14.8. The third-order valence-corrected chi connectivity index (χ3v) is 20.7. The quantitative estimate of drug-likeness (QED) is 0.152. The van der Waals surface area contributed by atoms with Gasteiger partial charge in [0.05, 0.1) is 55.4 Å². The zero-order valence-electron chi connectivity index (χ0n) is 47.8. The summed E-state index contributed by atoms with van der Waals surface area (Å²) < 4.78 is 62.1. The number of nitriles is 3. The summed E-state index contributed by atoms with van der Waals surface area (Å²) in [4.78, 5) is 1.80. The van der Waals surface area contributed by atoms with Gasteiger partial charge in [0.2, 0.25) is 9.84 Å². The van der Waals surface area contributed by atoms with Gasteiger partial charge in [0, 0.05) is 91.5 Å². The van der Waals surface area contributed by atoms with Crippen LogP contribution >= 0.6 is 0 Å². The van der Waals surface area contributed by atoms with Crippen LogP contribution in [0.5, 0.6) is 46.0 Å². The monoisotopic (exact) mass is 1190 g/mol. The van der Waals surface area contributed by atoms with E-state index in [1.807, 2.05) is 72.8 Å². The fourth-order valence-electron chi connectivity index (χ4n) is 15.2. The minimum absolute atomic E-state index is 0.00831. The van der Waals surface area contributed by atoms with Gasteiger partial charge in [0.15, 0.2) is 0 Å². The smallest absolute Gasteiger partial charge is 0.260 e. The van der Waals surface area contributed by atoms with E-state index in [4.69, 9.17) is 18.9 Å². The molecule has 2 aromatic heterocycles. The molecule has 14 aromatic rings. The van der Waals surface area contributed by atoms with Crippen molar-refractivity contribution in [3.8, 4) is 86.7 Å². The van der Waals surface area contributed by atoms with Crippen LogP contribution in [0.1, 0.15) is 22.3 Å². The van der Waals surface area contributed by atoms with Crippen LogP contribution in [-0.2, 0) is 16.4 Å². The van der Waals surface area contributed by atoms with Gasteiger partial charge in [-0.1, -0.05) is 127 Å². The molecular weight excluding hydrogens is 1150 g/mol. The Morgan fingerprint density at radius 2 is 0.857 bits per heavy atom. The maximum atomic E-state index is 14.8. The Bertz CT molecular complexity index is 5760. The SMILES string of the molecule is N#Cc1cc(C#N)c(S(=O)(=O)c2ccc(-n3c4ccccc4c4c3c3c(c5c6ccccc6n(-c6cc7c8c(c6)Oc6ccccc6B8c6ccccc6O7)c54)CN(c4cc5c6c(c4)Oc4ccccc4B6c4ccccc4O5)c4ccccc4-3)cc2)c(C#N)c1. The second-order valence-electron chi connectivity index (χ2n) is 23.5. The van der Waals surface area contributed by atoms with E-state index in [-0.39, 0.29) is 35.0 Å². The molecular formula is C76H40B2N6O6S. The van der Waals surface area contributed by atoms with E-state index in [2.05, 4.69) is 154 Å². The van der Waals surface area contributed by atoms with Crippen LogP contribution in [-0.4, -0.2) is 31.0 Å². The summed E-state index contributed by atoms with van der Waals surface area (Å²) in [6, 6.07) is 81.8. The van der Waals surface area contributed by atoms with Crippen LogP contribution in [0, 0.1) is 34.0 Å². The average molecular weight is 1190 g/mol.